The number of phenols is 1. The lowest BCUT2D eigenvalue weighted by Crippen LogP contribution is -2.16. The number of hydrogen-bond donors (Lipinski definition) is 1. The minimum Gasteiger partial charge on any atom is -0.506 e. The summed E-state index contributed by atoms with van der Waals surface area (Å²) in [6, 6.07) is 5.92. The number of phenolic OH excluding ortho intramolecular Hbond substituents is 1. The number of benzene rings is 1. The molecule has 0 radical (unpaired) electrons. The van der Waals surface area contributed by atoms with Crippen molar-refractivity contribution in [2.45, 2.75) is 45.1 Å². The molecule has 0 unspecified atom stereocenters. The fourth-order valence-electron chi connectivity index (χ4n) is 2.63. The Labute approximate surface area is 101 Å². The Kier molecular flexibility index (Phi) is 2.35. The summed E-state index contributed by atoms with van der Waals surface area (Å²) in [5.74, 6) is 2.08. The second-order valence-corrected chi connectivity index (χ2v) is 5.21. The quantitative estimate of drug-likeness (QED) is 0.856. The lowest BCUT2D eigenvalue weighted by atomic mass is 9.84. The van der Waals surface area contributed by atoms with Crippen molar-refractivity contribution < 1.29 is 5.11 Å². The fourth-order valence-corrected chi connectivity index (χ4v) is 2.63. The minimum absolute atomic E-state index is 0.337. The highest BCUT2D eigenvalue weighted by Crippen LogP contribution is 2.39. The van der Waals surface area contributed by atoms with E-state index < -0.39 is 0 Å². The molecule has 1 heterocycles. The van der Waals surface area contributed by atoms with Crippen molar-refractivity contribution in [1.82, 2.24) is 9.55 Å². The van der Waals surface area contributed by atoms with Gasteiger partial charge in [0.05, 0.1) is 5.52 Å². The Morgan fingerprint density at radius 1 is 1.35 bits per heavy atom. The highest BCUT2D eigenvalue weighted by Gasteiger charge is 2.27. The van der Waals surface area contributed by atoms with Gasteiger partial charge in [-0.25, -0.2) is 4.98 Å². The summed E-state index contributed by atoms with van der Waals surface area (Å²) in [6.07, 6.45) is 3.77. The summed E-state index contributed by atoms with van der Waals surface area (Å²) in [4.78, 5) is 4.72. The molecular weight excluding hydrogens is 212 g/mol. The van der Waals surface area contributed by atoms with Gasteiger partial charge in [0.2, 0.25) is 0 Å². The molecule has 0 spiro atoms. The Bertz CT molecular complexity index is 553. The van der Waals surface area contributed by atoms with Crippen molar-refractivity contribution in [3.8, 4) is 5.75 Å². The number of nitrogens with zero attached hydrogens (tertiary/aromatic N) is 2. The van der Waals surface area contributed by atoms with Crippen molar-refractivity contribution >= 4 is 11.0 Å². The van der Waals surface area contributed by atoms with Crippen LogP contribution >= 0.6 is 0 Å². The van der Waals surface area contributed by atoms with Crippen LogP contribution in [0.1, 0.15) is 50.9 Å². The molecule has 1 aromatic carbocycles. The number of imidazole rings is 1. The maximum atomic E-state index is 10.0. The first-order valence-electron chi connectivity index (χ1n) is 6.38. The first-order valence-corrected chi connectivity index (χ1v) is 6.38. The lowest BCUT2D eigenvalue weighted by Gasteiger charge is -2.27. The average Bonchev–Trinajstić information content (AvgIpc) is 2.55. The van der Waals surface area contributed by atoms with Gasteiger partial charge in [-0.3, -0.25) is 0 Å². The molecular formula is C14H18N2O. The summed E-state index contributed by atoms with van der Waals surface area (Å²) in [5.41, 5.74) is 1.81. The van der Waals surface area contributed by atoms with E-state index in [4.69, 9.17) is 4.98 Å². The first kappa shape index (κ1) is 10.6. The third-order valence-corrected chi connectivity index (χ3v) is 3.70. The molecule has 17 heavy (non-hydrogen) atoms. The van der Waals surface area contributed by atoms with Gasteiger partial charge in [0.15, 0.2) is 0 Å². The van der Waals surface area contributed by atoms with Gasteiger partial charge >= 0.3 is 0 Å². The lowest BCUT2D eigenvalue weighted by molar-refractivity contribution is 0.380. The van der Waals surface area contributed by atoms with Crippen LogP contribution in [0.2, 0.25) is 0 Å². The van der Waals surface area contributed by atoms with E-state index in [1.165, 1.54) is 19.3 Å². The van der Waals surface area contributed by atoms with Gasteiger partial charge < -0.3 is 9.67 Å². The number of aromatic nitrogens is 2. The van der Waals surface area contributed by atoms with E-state index in [1.807, 2.05) is 12.1 Å². The average molecular weight is 230 g/mol. The van der Waals surface area contributed by atoms with Gasteiger partial charge in [-0.05, 0) is 38.8 Å². The van der Waals surface area contributed by atoms with E-state index in [2.05, 4.69) is 18.4 Å². The Balaban J connectivity index is 2.27. The van der Waals surface area contributed by atoms with Crippen LogP contribution in [-0.4, -0.2) is 14.7 Å². The first-order chi connectivity index (χ1) is 8.18. The molecule has 1 aliphatic carbocycles. The van der Waals surface area contributed by atoms with Crippen LogP contribution in [-0.2, 0) is 0 Å². The normalized spacial score (nSPS) is 16.6. The van der Waals surface area contributed by atoms with E-state index >= 15 is 0 Å². The molecule has 3 rings (SSSR count). The number of para-hydroxylation sites is 1. The molecule has 1 aliphatic rings. The van der Waals surface area contributed by atoms with E-state index in [9.17, 15) is 5.11 Å². The number of fused-ring (bicyclic) bond motifs is 1. The molecule has 1 aromatic heterocycles. The van der Waals surface area contributed by atoms with Crippen molar-refractivity contribution in [2.75, 3.05) is 0 Å². The smallest absolute Gasteiger partial charge is 0.141 e. The summed E-state index contributed by atoms with van der Waals surface area (Å²) in [6.45, 7) is 4.30. The SMILES string of the molecule is CC(C)n1c(C2CCC2)nc2cccc(O)c21. The minimum atomic E-state index is 0.337. The van der Waals surface area contributed by atoms with Crippen molar-refractivity contribution in [1.29, 1.82) is 0 Å². The predicted octanol–water partition coefficient (Wildman–Crippen LogP) is 3.59. The van der Waals surface area contributed by atoms with E-state index in [0.29, 0.717) is 17.7 Å². The summed E-state index contributed by atoms with van der Waals surface area (Å²) < 4.78 is 2.20. The van der Waals surface area contributed by atoms with Gasteiger partial charge in [-0.1, -0.05) is 12.5 Å². The molecule has 2 aromatic rings. The zero-order chi connectivity index (χ0) is 12.0. The molecule has 1 N–H and O–H groups in total. The van der Waals surface area contributed by atoms with E-state index in [-0.39, 0.29) is 0 Å². The maximum Gasteiger partial charge on any atom is 0.141 e. The number of hydrogen-bond acceptors (Lipinski definition) is 2. The van der Waals surface area contributed by atoms with Crippen LogP contribution in [0.15, 0.2) is 18.2 Å². The highest BCUT2D eigenvalue weighted by atomic mass is 16.3. The van der Waals surface area contributed by atoms with E-state index in [1.54, 1.807) is 6.07 Å². The Morgan fingerprint density at radius 3 is 2.71 bits per heavy atom. The van der Waals surface area contributed by atoms with Gasteiger partial charge in [-0.15, -0.1) is 0 Å². The maximum absolute atomic E-state index is 10.0. The van der Waals surface area contributed by atoms with Gasteiger partial charge in [0, 0.05) is 12.0 Å². The number of aromatic hydroxyl groups is 1. The summed E-state index contributed by atoms with van der Waals surface area (Å²) in [5, 5.41) is 10.0. The standard InChI is InChI=1S/C14H18N2O/c1-9(2)16-13-11(7-4-8-12(13)17)15-14(16)10-5-3-6-10/h4,7-10,17H,3,5-6H2,1-2H3. The van der Waals surface area contributed by atoms with Crippen LogP contribution in [0.4, 0.5) is 0 Å². The van der Waals surface area contributed by atoms with Crippen molar-refractivity contribution in [3.05, 3.63) is 24.0 Å². The molecule has 0 amide bonds. The number of rotatable bonds is 2. The van der Waals surface area contributed by atoms with Crippen LogP contribution in [0.3, 0.4) is 0 Å². The Hall–Kier alpha value is -1.51. The van der Waals surface area contributed by atoms with Crippen molar-refractivity contribution in [2.24, 2.45) is 0 Å². The Morgan fingerprint density at radius 2 is 2.12 bits per heavy atom. The van der Waals surface area contributed by atoms with Crippen LogP contribution in [0.5, 0.6) is 5.75 Å². The largest absolute Gasteiger partial charge is 0.506 e. The van der Waals surface area contributed by atoms with Crippen LogP contribution < -0.4 is 0 Å². The van der Waals surface area contributed by atoms with E-state index in [0.717, 1.165) is 16.9 Å². The molecule has 3 heteroatoms. The van der Waals surface area contributed by atoms with Crippen LogP contribution in [0, 0.1) is 0 Å². The molecule has 1 fully saturated rings. The molecule has 90 valence electrons. The van der Waals surface area contributed by atoms with Gasteiger partial charge in [-0.2, -0.15) is 0 Å². The fraction of sp³-hybridized carbons (Fsp3) is 0.500. The zero-order valence-corrected chi connectivity index (χ0v) is 10.3. The topological polar surface area (TPSA) is 38.0 Å². The summed E-state index contributed by atoms with van der Waals surface area (Å²) in [7, 11) is 0. The molecule has 3 nitrogen and oxygen atoms in total. The molecule has 1 saturated carbocycles. The summed E-state index contributed by atoms with van der Waals surface area (Å²) >= 11 is 0. The van der Waals surface area contributed by atoms with Crippen LogP contribution in [0.25, 0.3) is 11.0 Å². The zero-order valence-electron chi connectivity index (χ0n) is 10.3. The monoisotopic (exact) mass is 230 g/mol. The molecule has 0 saturated heterocycles. The second-order valence-electron chi connectivity index (χ2n) is 5.21. The predicted molar refractivity (Wildman–Crippen MR) is 68.4 cm³/mol. The molecule has 0 bridgehead atoms. The van der Waals surface area contributed by atoms with Gasteiger partial charge in [0.25, 0.3) is 0 Å². The highest BCUT2D eigenvalue weighted by molar-refractivity contribution is 5.82. The molecule has 0 atom stereocenters. The second kappa shape index (κ2) is 3.76. The van der Waals surface area contributed by atoms with Crippen molar-refractivity contribution in [3.63, 3.8) is 0 Å². The molecule has 0 aliphatic heterocycles. The third kappa shape index (κ3) is 1.53. The van der Waals surface area contributed by atoms with Gasteiger partial charge in [0.1, 0.15) is 17.1 Å². The third-order valence-electron chi connectivity index (χ3n) is 3.70.